The predicted octanol–water partition coefficient (Wildman–Crippen LogP) is 4.41. The smallest absolute Gasteiger partial charge is 0.419 e. The SMILES string of the molecule is COc1ccc(C)cc1NC(=O)c1ccc(F)c(C(F)(F)F)c1. The van der Waals surface area contributed by atoms with Crippen molar-refractivity contribution in [3.63, 3.8) is 0 Å². The average molecular weight is 327 g/mol. The van der Waals surface area contributed by atoms with E-state index in [2.05, 4.69) is 5.32 Å². The Morgan fingerprint density at radius 1 is 1.13 bits per heavy atom. The first-order chi connectivity index (χ1) is 10.7. The molecule has 0 unspecified atom stereocenters. The number of anilines is 1. The summed E-state index contributed by atoms with van der Waals surface area (Å²) in [6.45, 7) is 1.79. The molecule has 0 aromatic heterocycles. The van der Waals surface area contributed by atoms with E-state index < -0.39 is 23.5 Å². The summed E-state index contributed by atoms with van der Waals surface area (Å²) in [4.78, 5) is 12.1. The van der Waals surface area contributed by atoms with E-state index >= 15 is 0 Å². The van der Waals surface area contributed by atoms with Crippen molar-refractivity contribution in [3.8, 4) is 5.75 Å². The lowest BCUT2D eigenvalue weighted by Crippen LogP contribution is -2.15. The lowest BCUT2D eigenvalue weighted by atomic mass is 10.1. The van der Waals surface area contributed by atoms with E-state index in [4.69, 9.17) is 4.74 Å². The van der Waals surface area contributed by atoms with Crippen molar-refractivity contribution in [2.24, 2.45) is 0 Å². The molecule has 1 amide bonds. The van der Waals surface area contributed by atoms with E-state index in [1.54, 1.807) is 25.1 Å². The summed E-state index contributed by atoms with van der Waals surface area (Å²) in [5, 5.41) is 2.46. The molecule has 122 valence electrons. The van der Waals surface area contributed by atoms with Crippen molar-refractivity contribution < 1.29 is 27.1 Å². The maximum Gasteiger partial charge on any atom is 0.419 e. The predicted molar refractivity (Wildman–Crippen MR) is 77.1 cm³/mol. The van der Waals surface area contributed by atoms with Gasteiger partial charge in [0, 0.05) is 5.56 Å². The lowest BCUT2D eigenvalue weighted by molar-refractivity contribution is -0.140. The Balaban J connectivity index is 2.34. The molecule has 0 atom stereocenters. The van der Waals surface area contributed by atoms with Crippen LogP contribution in [0.3, 0.4) is 0 Å². The summed E-state index contributed by atoms with van der Waals surface area (Å²) in [5.74, 6) is -1.86. The molecule has 0 saturated heterocycles. The molecule has 0 aliphatic rings. The molecule has 1 N–H and O–H groups in total. The van der Waals surface area contributed by atoms with E-state index in [1.165, 1.54) is 7.11 Å². The van der Waals surface area contributed by atoms with Crippen molar-refractivity contribution in [2.75, 3.05) is 12.4 Å². The van der Waals surface area contributed by atoms with Gasteiger partial charge < -0.3 is 10.1 Å². The summed E-state index contributed by atoms with van der Waals surface area (Å²) in [7, 11) is 1.40. The fourth-order valence-corrected chi connectivity index (χ4v) is 2.00. The number of methoxy groups -OCH3 is 1. The summed E-state index contributed by atoms with van der Waals surface area (Å²) >= 11 is 0. The first-order valence-electron chi connectivity index (χ1n) is 6.55. The van der Waals surface area contributed by atoms with Gasteiger partial charge in [-0.15, -0.1) is 0 Å². The zero-order valence-corrected chi connectivity index (χ0v) is 12.3. The number of hydrogen-bond acceptors (Lipinski definition) is 2. The Morgan fingerprint density at radius 3 is 2.43 bits per heavy atom. The topological polar surface area (TPSA) is 38.3 Å². The molecule has 0 radical (unpaired) electrons. The summed E-state index contributed by atoms with van der Waals surface area (Å²) in [6.07, 6.45) is -4.87. The van der Waals surface area contributed by atoms with Crippen LogP contribution in [0.25, 0.3) is 0 Å². The van der Waals surface area contributed by atoms with Gasteiger partial charge in [-0.25, -0.2) is 4.39 Å². The number of benzene rings is 2. The van der Waals surface area contributed by atoms with Crippen LogP contribution in [0.1, 0.15) is 21.5 Å². The van der Waals surface area contributed by atoms with Crippen LogP contribution < -0.4 is 10.1 Å². The highest BCUT2D eigenvalue weighted by Crippen LogP contribution is 2.32. The fraction of sp³-hybridized carbons (Fsp3) is 0.188. The van der Waals surface area contributed by atoms with Crippen LogP contribution in [0.5, 0.6) is 5.75 Å². The molecule has 0 saturated carbocycles. The van der Waals surface area contributed by atoms with E-state index in [0.717, 1.165) is 11.6 Å². The van der Waals surface area contributed by atoms with Crippen LogP contribution in [0, 0.1) is 12.7 Å². The number of aryl methyl sites for hydroxylation is 1. The van der Waals surface area contributed by atoms with Crippen LogP contribution >= 0.6 is 0 Å². The Hall–Kier alpha value is -2.57. The van der Waals surface area contributed by atoms with Crippen molar-refractivity contribution in [2.45, 2.75) is 13.1 Å². The largest absolute Gasteiger partial charge is 0.495 e. The van der Waals surface area contributed by atoms with E-state index in [1.807, 2.05) is 0 Å². The molecule has 0 bridgehead atoms. The molecule has 0 aliphatic heterocycles. The van der Waals surface area contributed by atoms with Gasteiger partial charge in [-0.2, -0.15) is 13.2 Å². The van der Waals surface area contributed by atoms with Gasteiger partial charge in [0.25, 0.3) is 5.91 Å². The standard InChI is InChI=1S/C16H13F4NO2/c1-9-3-6-14(23-2)13(7-9)21-15(22)10-4-5-12(17)11(8-10)16(18,19)20/h3-8H,1-2H3,(H,21,22). The second-order valence-corrected chi connectivity index (χ2v) is 4.85. The van der Waals surface area contributed by atoms with Crippen LogP contribution in [0.4, 0.5) is 23.2 Å². The number of ether oxygens (including phenoxy) is 1. The third-order valence-electron chi connectivity index (χ3n) is 3.14. The molecule has 2 aromatic carbocycles. The zero-order chi connectivity index (χ0) is 17.2. The number of carbonyl (C=O) groups excluding carboxylic acids is 1. The number of halogens is 4. The Kier molecular flexibility index (Phi) is 4.58. The first-order valence-corrected chi connectivity index (χ1v) is 6.55. The molecule has 0 spiro atoms. The molecule has 2 aromatic rings. The van der Waals surface area contributed by atoms with Gasteiger partial charge in [0.1, 0.15) is 11.6 Å². The van der Waals surface area contributed by atoms with Gasteiger partial charge in [0.2, 0.25) is 0 Å². The number of hydrogen-bond donors (Lipinski definition) is 1. The maximum absolute atomic E-state index is 13.3. The van der Waals surface area contributed by atoms with Gasteiger partial charge in [-0.1, -0.05) is 6.07 Å². The van der Waals surface area contributed by atoms with Gasteiger partial charge in [-0.05, 0) is 42.8 Å². The average Bonchev–Trinajstić information content (AvgIpc) is 2.46. The van der Waals surface area contributed by atoms with Crippen LogP contribution in [-0.2, 0) is 6.18 Å². The third-order valence-corrected chi connectivity index (χ3v) is 3.14. The van der Waals surface area contributed by atoms with Gasteiger partial charge in [0.05, 0.1) is 18.4 Å². The van der Waals surface area contributed by atoms with Gasteiger partial charge in [-0.3, -0.25) is 4.79 Å². The molecular formula is C16H13F4NO2. The number of carbonyl (C=O) groups is 1. The highest BCUT2D eigenvalue weighted by Gasteiger charge is 2.34. The van der Waals surface area contributed by atoms with E-state index in [0.29, 0.717) is 23.6 Å². The quantitative estimate of drug-likeness (QED) is 0.848. The molecule has 0 heterocycles. The van der Waals surface area contributed by atoms with Crippen LogP contribution in [0.15, 0.2) is 36.4 Å². The summed E-state index contributed by atoms with van der Waals surface area (Å²) in [6, 6.07) is 7.08. The lowest BCUT2D eigenvalue weighted by Gasteiger charge is -2.13. The van der Waals surface area contributed by atoms with Gasteiger partial charge in [0.15, 0.2) is 0 Å². The fourth-order valence-electron chi connectivity index (χ4n) is 2.00. The highest BCUT2D eigenvalue weighted by atomic mass is 19.4. The molecule has 0 fully saturated rings. The number of nitrogens with one attached hydrogen (secondary N) is 1. The number of amides is 1. The molecule has 0 aliphatic carbocycles. The molecule has 2 rings (SSSR count). The van der Waals surface area contributed by atoms with E-state index in [9.17, 15) is 22.4 Å². The maximum atomic E-state index is 13.3. The zero-order valence-electron chi connectivity index (χ0n) is 12.3. The van der Waals surface area contributed by atoms with Gasteiger partial charge >= 0.3 is 6.18 Å². The summed E-state index contributed by atoms with van der Waals surface area (Å²) < 4.78 is 56.4. The first kappa shape index (κ1) is 16.8. The second kappa shape index (κ2) is 6.28. The third kappa shape index (κ3) is 3.80. The van der Waals surface area contributed by atoms with Crippen molar-refractivity contribution in [3.05, 3.63) is 58.9 Å². The minimum absolute atomic E-state index is 0.303. The van der Waals surface area contributed by atoms with Crippen LogP contribution in [0.2, 0.25) is 0 Å². The van der Waals surface area contributed by atoms with Crippen molar-refractivity contribution in [1.29, 1.82) is 0 Å². The minimum atomic E-state index is -4.87. The molecular weight excluding hydrogens is 314 g/mol. The Morgan fingerprint density at radius 2 is 1.83 bits per heavy atom. The number of rotatable bonds is 3. The second-order valence-electron chi connectivity index (χ2n) is 4.85. The van der Waals surface area contributed by atoms with Crippen molar-refractivity contribution >= 4 is 11.6 Å². The molecule has 3 nitrogen and oxygen atoms in total. The normalized spacial score (nSPS) is 11.2. The molecule has 23 heavy (non-hydrogen) atoms. The highest BCUT2D eigenvalue weighted by molar-refractivity contribution is 6.05. The van der Waals surface area contributed by atoms with E-state index in [-0.39, 0.29) is 5.56 Å². The minimum Gasteiger partial charge on any atom is -0.495 e. The Labute approximate surface area is 129 Å². The van der Waals surface area contributed by atoms with Crippen molar-refractivity contribution in [1.82, 2.24) is 0 Å². The Bertz CT molecular complexity index is 741. The monoisotopic (exact) mass is 327 g/mol. The number of alkyl halides is 3. The van der Waals surface area contributed by atoms with Crippen LogP contribution in [-0.4, -0.2) is 13.0 Å². The summed E-state index contributed by atoms with van der Waals surface area (Å²) in [5.41, 5.74) is -0.643. The molecule has 7 heteroatoms.